The van der Waals surface area contributed by atoms with Crippen molar-refractivity contribution < 1.29 is 18.2 Å². The second kappa shape index (κ2) is 8.22. The molecule has 0 radical (unpaired) electrons. The first-order chi connectivity index (χ1) is 14.1. The molecule has 8 nitrogen and oxygen atoms in total. The predicted octanol–water partition coefficient (Wildman–Crippen LogP) is 2.40. The van der Waals surface area contributed by atoms with Crippen molar-refractivity contribution in [3.05, 3.63) is 53.9 Å². The first-order valence-electron chi connectivity index (χ1n) is 9.07. The highest BCUT2D eigenvalue weighted by atomic mass is 35.5. The summed E-state index contributed by atoms with van der Waals surface area (Å²) in [7, 11) is 0. The minimum absolute atomic E-state index is 0.0421. The molecule has 3 heterocycles. The number of carbonyl (C=O) groups excluding carboxylic acids is 1. The van der Waals surface area contributed by atoms with Gasteiger partial charge in [0.15, 0.2) is 0 Å². The molecule has 1 aliphatic heterocycles. The minimum atomic E-state index is -0.606. The number of nitrogens with two attached hydrogens (primary N) is 1. The number of rotatable bonds is 5. The van der Waals surface area contributed by atoms with E-state index < -0.39 is 6.04 Å². The van der Waals surface area contributed by atoms with Gasteiger partial charge in [0.05, 0.1) is 11.7 Å². The summed E-state index contributed by atoms with van der Waals surface area (Å²) in [6.45, 7) is 2.08. The maximum Gasteiger partial charge on any atom is 0.237 e. The lowest BCUT2D eigenvalue weighted by Gasteiger charge is -2.36. The van der Waals surface area contributed by atoms with Gasteiger partial charge in [-0.25, -0.2) is 4.39 Å². The van der Waals surface area contributed by atoms with E-state index in [4.69, 9.17) is 26.4 Å². The van der Waals surface area contributed by atoms with Crippen molar-refractivity contribution in [2.75, 3.05) is 37.0 Å². The van der Waals surface area contributed by atoms with Crippen LogP contribution in [-0.2, 0) is 4.79 Å². The molecule has 29 heavy (non-hydrogen) atoms. The van der Waals surface area contributed by atoms with Crippen LogP contribution < -0.4 is 10.6 Å². The predicted molar refractivity (Wildman–Crippen MR) is 104 cm³/mol. The van der Waals surface area contributed by atoms with Gasteiger partial charge in [-0.05, 0) is 12.1 Å². The lowest BCUT2D eigenvalue weighted by atomic mass is 10.0. The minimum Gasteiger partial charge on any atom is -0.366 e. The van der Waals surface area contributed by atoms with E-state index in [2.05, 4.69) is 10.3 Å². The van der Waals surface area contributed by atoms with Crippen molar-refractivity contribution >= 4 is 23.2 Å². The van der Waals surface area contributed by atoms with Crippen LogP contribution >= 0.6 is 11.6 Å². The van der Waals surface area contributed by atoms with Gasteiger partial charge in [0.1, 0.15) is 35.6 Å². The molecule has 1 unspecified atom stereocenters. The summed E-state index contributed by atoms with van der Waals surface area (Å²) in [5.74, 6) is -0.535. The Kier molecular flexibility index (Phi) is 5.50. The Morgan fingerprint density at radius 3 is 2.66 bits per heavy atom. The van der Waals surface area contributed by atoms with Crippen molar-refractivity contribution in [1.29, 1.82) is 0 Å². The Hall–Kier alpha value is -2.91. The molecule has 10 heteroatoms. The van der Waals surface area contributed by atoms with Crippen molar-refractivity contribution in [2.24, 2.45) is 5.73 Å². The number of benzene rings is 1. The van der Waals surface area contributed by atoms with Gasteiger partial charge in [0, 0.05) is 43.4 Å². The van der Waals surface area contributed by atoms with Gasteiger partial charge >= 0.3 is 0 Å². The van der Waals surface area contributed by atoms with Gasteiger partial charge in [-0.3, -0.25) is 4.79 Å². The second-order valence-corrected chi connectivity index (χ2v) is 6.96. The van der Waals surface area contributed by atoms with Crippen LogP contribution in [0.4, 0.5) is 10.1 Å². The maximum absolute atomic E-state index is 14.9. The van der Waals surface area contributed by atoms with E-state index in [0.717, 1.165) is 0 Å². The van der Waals surface area contributed by atoms with Crippen LogP contribution in [0.2, 0.25) is 0 Å². The average Bonchev–Trinajstić information content (AvgIpc) is 3.45. The summed E-state index contributed by atoms with van der Waals surface area (Å²) in [6, 6.07) is 5.92. The van der Waals surface area contributed by atoms with Gasteiger partial charge in [-0.15, -0.1) is 11.6 Å². The molecule has 2 N–H and O–H groups in total. The number of alkyl halides is 1. The van der Waals surface area contributed by atoms with Gasteiger partial charge < -0.3 is 24.6 Å². The van der Waals surface area contributed by atoms with Gasteiger partial charge in [-0.2, -0.15) is 0 Å². The van der Waals surface area contributed by atoms with Crippen molar-refractivity contribution in [3.8, 4) is 11.3 Å². The van der Waals surface area contributed by atoms with Gasteiger partial charge in [0.2, 0.25) is 5.91 Å². The SMILES string of the molecule is NC(c1ccon1)c1conc1-c1ccc(N2CCN(C(=O)CCl)CC2)c(F)c1. The number of piperazine rings is 1. The number of halogens is 2. The molecule has 2 aromatic heterocycles. The lowest BCUT2D eigenvalue weighted by Crippen LogP contribution is -2.49. The summed E-state index contributed by atoms with van der Waals surface area (Å²) in [4.78, 5) is 15.3. The molecular weight excluding hydrogens is 401 g/mol. The highest BCUT2D eigenvalue weighted by Crippen LogP contribution is 2.32. The molecule has 0 bridgehead atoms. The fraction of sp³-hybridized carbons (Fsp3) is 0.316. The first kappa shape index (κ1) is 19.4. The number of aromatic nitrogens is 2. The van der Waals surface area contributed by atoms with Crippen molar-refractivity contribution in [1.82, 2.24) is 15.2 Å². The standard InChI is InChI=1S/C19H19ClFN5O3/c20-10-17(27)26-6-4-25(5-7-26)16-2-1-12(9-14(16)21)19-13(11-29-24-19)18(22)15-3-8-28-23-15/h1-3,8-9,11,18H,4-7,10,22H2. The third kappa shape index (κ3) is 3.83. The van der Waals surface area contributed by atoms with Crippen LogP contribution in [0, 0.1) is 5.82 Å². The van der Waals surface area contributed by atoms with E-state index in [1.165, 1.54) is 18.6 Å². The van der Waals surface area contributed by atoms with E-state index in [1.807, 2.05) is 4.90 Å². The normalized spacial score (nSPS) is 15.6. The van der Waals surface area contributed by atoms with E-state index in [9.17, 15) is 9.18 Å². The third-order valence-electron chi connectivity index (χ3n) is 5.02. The molecule has 1 fully saturated rings. The largest absolute Gasteiger partial charge is 0.366 e. The smallest absolute Gasteiger partial charge is 0.237 e. The Morgan fingerprint density at radius 1 is 1.21 bits per heavy atom. The molecular formula is C19H19ClFN5O3. The number of amides is 1. The fourth-order valence-electron chi connectivity index (χ4n) is 3.42. The third-order valence-corrected chi connectivity index (χ3v) is 5.25. The Morgan fingerprint density at radius 2 is 2.00 bits per heavy atom. The zero-order valence-electron chi connectivity index (χ0n) is 15.4. The molecule has 4 rings (SSSR count). The van der Waals surface area contributed by atoms with E-state index in [1.54, 1.807) is 23.1 Å². The number of nitrogens with zero attached hydrogens (tertiary/aromatic N) is 4. The number of hydrogen-bond acceptors (Lipinski definition) is 7. The highest BCUT2D eigenvalue weighted by molar-refractivity contribution is 6.27. The molecule has 0 spiro atoms. The summed E-state index contributed by atoms with van der Waals surface area (Å²) in [5, 5.41) is 7.83. The molecule has 1 aliphatic rings. The fourth-order valence-corrected chi connectivity index (χ4v) is 3.59. The molecule has 1 saturated heterocycles. The molecule has 0 aliphatic carbocycles. The second-order valence-electron chi connectivity index (χ2n) is 6.69. The van der Waals surface area contributed by atoms with Crippen LogP contribution in [0.25, 0.3) is 11.3 Å². The lowest BCUT2D eigenvalue weighted by molar-refractivity contribution is -0.128. The Balaban J connectivity index is 1.53. The molecule has 152 valence electrons. The summed E-state index contributed by atoms with van der Waals surface area (Å²) in [5.41, 5.74) is 8.78. The summed E-state index contributed by atoms with van der Waals surface area (Å²) >= 11 is 5.60. The highest BCUT2D eigenvalue weighted by Gasteiger charge is 2.24. The van der Waals surface area contributed by atoms with Gasteiger partial charge in [-0.1, -0.05) is 16.4 Å². The maximum atomic E-state index is 14.9. The molecule has 1 atom stereocenters. The molecule has 1 amide bonds. The Labute approximate surface area is 171 Å². The van der Waals surface area contributed by atoms with Crippen LogP contribution in [0.3, 0.4) is 0 Å². The average molecular weight is 420 g/mol. The van der Waals surface area contributed by atoms with Crippen LogP contribution in [0.1, 0.15) is 17.3 Å². The van der Waals surface area contributed by atoms with Crippen LogP contribution in [-0.4, -0.2) is 53.2 Å². The monoisotopic (exact) mass is 419 g/mol. The number of hydrogen-bond donors (Lipinski definition) is 1. The topological polar surface area (TPSA) is 102 Å². The summed E-state index contributed by atoms with van der Waals surface area (Å²) < 4.78 is 24.8. The van der Waals surface area contributed by atoms with Crippen LogP contribution in [0.15, 0.2) is 45.8 Å². The molecule has 3 aromatic rings. The Bertz CT molecular complexity index is 986. The molecule has 0 saturated carbocycles. The number of carbonyl (C=O) groups is 1. The number of anilines is 1. The molecule has 1 aromatic carbocycles. The summed E-state index contributed by atoms with van der Waals surface area (Å²) in [6.07, 6.45) is 2.85. The first-order valence-corrected chi connectivity index (χ1v) is 9.60. The quantitative estimate of drug-likeness (QED) is 0.633. The zero-order valence-corrected chi connectivity index (χ0v) is 16.2. The van der Waals surface area contributed by atoms with E-state index in [-0.39, 0.29) is 17.6 Å². The van der Waals surface area contributed by atoms with E-state index >= 15 is 0 Å². The zero-order chi connectivity index (χ0) is 20.4. The van der Waals surface area contributed by atoms with Gasteiger partial charge in [0.25, 0.3) is 0 Å². The van der Waals surface area contributed by atoms with Crippen molar-refractivity contribution in [2.45, 2.75) is 6.04 Å². The van der Waals surface area contributed by atoms with Crippen LogP contribution in [0.5, 0.6) is 0 Å². The van der Waals surface area contributed by atoms with Crippen molar-refractivity contribution in [3.63, 3.8) is 0 Å². The van der Waals surface area contributed by atoms with E-state index in [0.29, 0.717) is 54.4 Å².